The number of rotatable bonds is 3. The Hall–Kier alpha value is -2.07. The van der Waals surface area contributed by atoms with Crippen molar-refractivity contribution in [3.8, 4) is 5.88 Å². The first-order valence-electron chi connectivity index (χ1n) is 5.91. The van der Waals surface area contributed by atoms with Gasteiger partial charge in [0, 0.05) is 6.20 Å². The van der Waals surface area contributed by atoms with Gasteiger partial charge in [0.2, 0.25) is 5.88 Å². The molecule has 0 N–H and O–H groups in total. The van der Waals surface area contributed by atoms with Gasteiger partial charge in [-0.2, -0.15) is 4.98 Å². The predicted octanol–water partition coefficient (Wildman–Crippen LogP) is 3.27. The molecule has 96 valence electrons. The van der Waals surface area contributed by atoms with Crippen LogP contribution in [0.1, 0.15) is 11.4 Å². The minimum Gasteiger partial charge on any atom is -0.471 e. The SMILES string of the molecule is Cc1ncc2c(OCc3ccccc3)nc(Cl)cn12. The first-order chi connectivity index (χ1) is 9.24. The Morgan fingerprint density at radius 1 is 1.26 bits per heavy atom. The lowest BCUT2D eigenvalue weighted by atomic mass is 10.2. The van der Waals surface area contributed by atoms with Crippen molar-refractivity contribution < 1.29 is 4.74 Å². The molecule has 0 aliphatic rings. The van der Waals surface area contributed by atoms with Crippen molar-refractivity contribution in [1.82, 2.24) is 14.4 Å². The number of hydrogen-bond acceptors (Lipinski definition) is 3. The summed E-state index contributed by atoms with van der Waals surface area (Å²) in [4.78, 5) is 8.45. The van der Waals surface area contributed by atoms with Crippen LogP contribution in [0.4, 0.5) is 0 Å². The molecule has 1 aromatic carbocycles. The number of benzene rings is 1. The van der Waals surface area contributed by atoms with Crippen molar-refractivity contribution in [2.75, 3.05) is 0 Å². The van der Waals surface area contributed by atoms with Crippen LogP contribution in [-0.2, 0) is 6.61 Å². The average molecular weight is 274 g/mol. The molecule has 5 heteroatoms. The van der Waals surface area contributed by atoms with Gasteiger partial charge in [0.25, 0.3) is 0 Å². The van der Waals surface area contributed by atoms with E-state index in [0.717, 1.165) is 16.9 Å². The molecule has 0 radical (unpaired) electrons. The molecule has 2 heterocycles. The lowest BCUT2D eigenvalue weighted by Gasteiger charge is -2.07. The Balaban J connectivity index is 1.92. The molecule has 3 rings (SSSR count). The summed E-state index contributed by atoms with van der Waals surface area (Å²) >= 11 is 5.99. The van der Waals surface area contributed by atoms with E-state index >= 15 is 0 Å². The fraction of sp³-hybridized carbons (Fsp3) is 0.143. The molecule has 2 aromatic heterocycles. The van der Waals surface area contributed by atoms with Crippen LogP contribution in [0.25, 0.3) is 5.52 Å². The number of fused-ring (bicyclic) bond motifs is 1. The van der Waals surface area contributed by atoms with E-state index in [1.165, 1.54) is 0 Å². The number of aryl methyl sites for hydroxylation is 1. The largest absolute Gasteiger partial charge is 0.471 e. The highest BCUT2D eigenvalue weighted by Gasteiger charge is 2.09. The zero-order chi connectivity index (χ0) is 13.2. The van der Waals surface area contributed by atoms with Crippen molar-refractivity contribution in [2.45, 2.75) is 13.5 Å². The van der Waals surface area contributed by atoms with E-state index in [2.05, 4.69) is 9.97 Å². The van der Waals surface area contributed by atoms with E-state index in [0.29, 0.717) is 17.6 Å². The number of ether oxygens (including phenoxy) is 1. The van der Waals surface area contributed by atoms with E-state index < -0.39 is 0 Å². The van der Waals surface area contributed by atoms with Gasteiger partial charge in [-0.25, -0.2) is 4.98 Å². The lowest BCUT2D eigenvalue weighted by molar-refractivity contribution is 0.296. The second kappa shape index (κ2) is 4.90. The molecule has 0 aliphatic heterocycles. The van der Waals surface area contributed by atoms with Crippen molar-refractivity contribution in [1.29, 1.82) is 0 Å². The first-order valence-corrected chi connectivity index (χ1v) is 6.29. The topological polar surface area (TPSA) is 39.4 Å². The Kier molecular flexibility index (Phi) is 3.09. The molecule has 0 spiro atoms. The Morgan fingerprint density at radius 2 is 2.05 bits per heavy atom. The van der Waals surface area contributed by atoms with E-state index in [-0.39, 0.29) is 0 Å². The van der Waals surface area contributed by atoms with Gasteiger partial charge in [-0.15, -0.1) is 0 Å². The molecule has 19 heavy (non-hydrogen) atoms. The van der Waals surface area contributed by atoms with E-state index in [9.17, 15) is 0 Å². The van der Waals surface area contributed by atoms with Crippen molar-refractivity contribution in [2.24, 2.45) is 0 Å². The number of hydrogen-bond donors (Lipinski definition) is 0. The van der Waals surface area contributed by atoms with Crippen molar-refractivity contribution >= 4 is 17.1 Å². The summed E-state index contributed by atoms with van der Waals surface area (Å²) in [6.45, 7) is 2.36. The molecule has 0 aliphatic carbocycles. The van der Waals surface area contributed by atoms with E-state index in [4.69, 9.17) is 16.3 Å². The van der Waals surface area contributed by atoms with E-state index in [1.807, 2.05) is 41.7 Å². The zero-order valence-corrected chi connectivity index (χ0v) is 11.1. The van der Waals surface area contributed by atoms with Crippen LogP contribution in [0.15, 0.2) is 42.7 Å². The highest BCUT2D eigenvalue weighted by atomic mass is 35.5. The maximum Gasteiger partial charge on any atom is 0.241 e. The smallest absolute Gasteiger partial charge is 0.241 e. The molecule has 0 atom stereocenters. The molecular weight excluding hydrogens is 262 g/mol. The molecule has 0 saturated heterocycles. The third-order valence-corrected chi connectivity index (χ3v) is 3.05. The first kappa shape index (κ1) is 12.0. The van der Waals surface area contributed by atoms with Crippen LogP contribution >= 0.6 is 11.6 Å². The number of aromatic nitrogens is 3. The highest BCUT2D eigenvalue weighted by Crippen LogP contribution is 2.22. The average Bonchev–Trinajstić information content (AvgIpc) is 2.79. The molecule has 4 nitrogen and oxygen atoms in total. The quantitative estimate of drug-likeness (QED) is 0.735. The van der Waals surface area contributed by atoms with E-state index in [1.54, 1.807) is 12.4 Å². The summed E-state index contributed by atoms with van der Waals surface area (Å²) in [5.41, 5.74) is 1.90. The zero-order valence-electron chi connectivity index (χ0n) is 10.4. The van der Waals surface area contributed by atoms with Gasteiger partial charge in [-0.05, 0) is 12.5 Å². The summed E-state index contributed by atoms with van der Waals surface area (Å²) in [6, 6.07) is 9.93. The normalized spacial score (nSPS) is 10.8. The molecule has 0 unspecified atom stereocenters. The maximum absolute atomic E-state index is 5.99. The number of halogens is 1. The lowest BCUT2D eigenvalue weighted by Crippen LogP contribution is -2.00. The third kappa shape index (κ3) is 2.39. The van der Waals surface area contributed by atoms with Gasteiger partial charge in [-0.1, -0.05) is 41.9 Å². The summed E-state index contributed by atoms with van der Waals surface area (Å²) in [5, 5.41) is 0.386. The minimum absolute atomic E-state index is 0.386. The van der Waals surface area contributed by atoms with Crippen molar-refractivity contribution in [3.63, 3.8) is 0 Å². The van der Waals surface area contributed by atoms with Gasteiger partial charge >= 0.3 is 0 Å². The monoisotopic (exact) mass is 273 g/mol. The fourth-order valence-electron chi connectivity index (χ4n) is 1.90. The number of imidazole rings is 1. The standard InChI is InChI=1S/C14H12ClN3O/c1-10-16-7-12-14(17-13(15)8-18(10)12)19-9-11-5-3-2-4-6-11/h2-8H,9H2,1H3. The van der Waals surface area contributed by atoms with Gasteiger partial charge in [0.15, 0.2) is 0 Å². The summed E-state index contributed by atoms with van der Waals surface area (Å²) in [7, 11) is 0. The van der Waals surface area contributed by atoms with Crippen LogP contribution in [-0.4, -0.2) is 14.4 Å². The van der Waals surface area contributed by atoms with Gasteiger partial charge in [0.05, 0.1) is 6.20 Å². The summed E-state index contributed by atoms with van der Waals surface area (Å²) in [6.07, 6.45) is 3.47. The van der Waals surface area contributed by atoms with Gasteiger partial charge in [-0.3, -0.25) is 4.40 Å². The van der Waals surface area contributed by atoms with Crippen molar-refractivity contribution in [3.05, 3.63) is 59.3 Å². The Morgan fingerprint density at radius 3 is 2.84 bits per heavy atom. The molecule has 0 fully saturated rings. The second-order valence-corrected chi connectivity index (χ2v) is 4.59. The summed E-state index contributed by atoms with van der Waals surface area (Å²) in [5.74, 6) is 1.35. The molecular formula is C14H12ClN3O. The Labute approximate surface area is 115 Å². The molecule has 0 amide bonds. The molecule has 0 bridgehead atoms. The van der Waals surface area contributed by atoms with Crippen LogP contribution in [0.2, 0.25) is 5.15 Å². The molecule has 0 saturated carbocycles. The van der Waals surface area contributed by atoms with Crippen LogP contribution in [0.5, 0.6) is 5.88 Å². The van der Waals surface area contributed by atoms with Crippen LogP contribution in [0, 0.1) is 6.92 Å². The Bertz CT molecular complexity index is 709. The summed E-state index contributed by atoms with van der Waals surface area (Å²) < 4.78 is 7.61. The predicted molar refractivity (Wildman–Crippen MR) is 73.5 cm³/mol. The third-order valence-electron chi connectivity index (χ3n) is 2.86. The fourth-order valence-corrected chi connectivity index (χ4v) is 2.07. The highest BCUT2D eigenvalue weighted by molar-refractivity contribution is 6.29. The van der Waals surface area contributed by atoms with Crippen LogP contribution < -0.4 is 4.74 Å². The van der Waals surface area contributed by atoms with Gasteiger partial charge < -0.3 is 4.74 Å². The second-order valence-electron chi connectivity index (χ2n) is 4.20. The maximum atomic E-state index is 5.99. The number of nitrogens with zero attached hydrogens (tertiary/aromatic N) is 3. The van der Waals surface area contributed by atoms with Crippen LogP contribution in [0.3, 0.4) is 0 Å². The molecule has 3 aromatic rings. The minimum atomic E-state index is 0.386. The van der Waals surface area contributed by atoms with Gasteiger partial charge in [0.1, 0.15) is 23.1 Å².